The van der Waals surface area contributed by atoms with Crippen LogP contribution in [0.5, 0.6) is 0 Å². The number of halogens is 1. The molecule has 0 saturated heterocycles. The first kappa shape index (κ1) is 15.3. The van der Waals surface area contributed by atoms with E-state index >= 15 is 0 Å². The van der Waals surface area contributed by atoms with Crippen molar-refractivity contribution in [2.24, 2.45) is 5.92 Å². The first-order chi connectivity index (χ1) is 9.65. The van der Waals surface area contributed by atoms with Crippen LogP contribution in [0.25, 0.3) is 0 Å². The van der Waals surface area contributed by atoms with Crippen LogP contribution in [0.15, 0.2) is 24.3 Å². The zero-order valence-electron chi connectivity index (χ0n) is 12.0. The highest BCUT2D eigenvalue weighted by atomic mass is 35.5. The van der Waals surface area contributed by atoms with Gasteiger partial charge in [-0.05, 0) is 43.9 Å². The highest BCUT2D eigenvalue weighted by Crippen LogP contribution is 2.26. The number of rotatable bonds is 5. The average Bonchev–Trinajstić information content (AvgIpc) is 2.46. The van der Waals surface area contributed by atoms with E-state index in [1.807, 2.05) is 12.1 Å². The molecule has 1 atom stereocenters. The lowest BCUT2D eigenvalue weighted by atomic mass is 9.84. The van der Waals surface area contributed by atoms with Crippen LogP contribution in [0.4, 0.5) is 5.69 Å². The Labute approximate surface area is 126 Å². The molecule has 0 radical (unpaired) electrons. The minimum atomic E-state index is -0.0186. The minimum absolute atomic E-state index is 0.0186. The van der Waals surface area contributed by atoms with Gasteiger partial charge in [-0.15, -0.1) is 0 Å². The molecule has 1 aliphatic rings. The van der Waals surface area contributed by atoms with E-state index in [1.54, 1.807) is 12.1 Å². The number of amides is 1. The number of hydrogen-bond acceptors (Lipinski definition) is 2. The quantitative estimate of drug-likeness (QED) is 0.866. The van der Waals surface area contributed by atoms with E-state index in [4.69, 9.17) is 11.6 Å². The van der Waals surface area contributed by atoms with Crippen LogP contribution in [0.2, 0.25) is 5.02 Å². The van der Waals surface area contributed by atoms with Gasteiger partial charge >= 0.3 is 0 Å². The number of carbonyl (C=O) groups is 1. The molecule has 1 unspecified atom stereocenters. The van der Waals surface area contributed by atoms with Gasteiger partial charge in [0, 0.05) is 16.8 Å². The van der Waals surface area contributed by atoms with Crippen LogP contribution >= 0.6 is 11.6 Å². The third-order valence-corrected chi connectivity index (χ3v) is 4.29. The van der Waals surface area contributed by atoms with Crippen LogP contribution in [-0.4, -0.2) is 18.5 Å². The van der Waals surface area contributed by atoms with Crippen LogP contribution in [-0.2, 0) is 4.79 Å². The van der Waals surface area contributed by atoms with Crippen LogP contribution < -0.4 is 10.6 Å². The van der Waals surface area contributed by atoms with Crippen molar-refractivity contribution < 1.29 is 4.79 Å². The summed E-state index contributed by atoms with van der Waals surface area (Å²) in [6.07, 6.45) is 6.57. The fraction of sp³-hybridized carbons (Fsp3) is 0.562. The van der Waals surface area contributed by atoms with Crippen LogP contribution in [0.1, 0.15) is 39.0 Å². The minimum Gasteiger partial charge on any atom is -0.325 e. The predicted molar refractivity (Wildman–Crippen MR) is 84.1 cm³/mol. The molecule has 1 aliphatic carbocycles. The van der Waals surface area contributed by atoms with E-state index < -0.39 is 0 Å². The first-order valence-electron chi connectivity index (χ1n) is 7.44. The van der Waals surface area contributed by atoms with Crippen molar-refractivity contribution >= 4 is 23.2 Å². The normalized spacial score (nSPS) is 17.7. The summed E-state index contributed by atoms with van der Waals surface area (Å²) in [4.78, 5) is 11.9. The lowest BCUT2D eigenvalue weighted by Gasteiger charge is -2.28. The molecule has 0 bridgehead atoms. The Balaban J connectivity index is 1.74. The number of benzene rings is 1. The summed E-state index contributed by atoms with van der Waals surface area (Å²) in [5.41, 5.74) is 0.745. The maximum absolute atomic E-state index is 11.9. The SMILES string of the molecule is CC(NCC(=O)Nc1cccc(Cl)c1)C1CCCCC1. The predicted octanol–water partition coefficient (Wildman–Crippen LogP) is 3.84. The first-order valence-corrected chi connectivity index (χ1v) is 7.82. The Hall–Kier alpha value is -1.06. The van der Waals surface area contributed by atoms with Crippen molar-refractivity contribution in [3.63, 3.8) is 0 Å². The smallest absolute Gasteiger partial charge is 0.238 e. The Morgan fingerprint density at radius 2 is 2.10 bits per heavy atom. The lowest BCUT2D eigenvalue weighted by Crippen LogP contribution is -2.39. The summed E-state index contributed by atoms with van der Waals surface area (Å²) in [6.45, 7) is 2.53. The number of hydrogen-bond donors (Lipinski definition) is 2. The van der Waals surface area contributed by atoms with E-state index in [1.165, 1.54) is 32.1 Å². The highest BCUT2D eigenvalue weighted by Gasteiger charge is 2.20. The van der Waals surface area contributed by atoms with E-state index in [0.29, 0.717) is 23.5 Å². The van der Waals surface area contributed by atoms with Crippen molar-refractivity contribution in [1.29, 1.82) is 0 Å². The van der Waals surface area contributed by atoms with Gasteiger partial charge in [0.15, 0.2) is 0 Å². The molecule has 1 aromatic rings. The number of nitrogens with one attached hydrogen (secondary N) is 2. The summed E-state index contributed by atoms with van der Waals surface area (Å²) < 4.78 is 0. The van der Waals surface area contributed by atoms with Gasteiger partial charge in [-0.1, -0.05) is 36.9 Å². The van der Waals surface area contributed by atoms with Crippen LogP contribution in [0.3, 0.4) is 0 Å². The zero-order chi connectivity index (χ0) is 14.4. The monoisotopic (exact) mass is 294 g/mol. The lowest BCUT2D eigenvalue weighted by molar-refractivity contribution is -0.115. The molecule has 0 heterocycles. The fourth-order valence-corrected chi connectivity index (χ4v) is 3.02. The van der Waals surface area contributed by atoms with E-state index in [9.17, 15) is 4.79 Å². The molecular weight excluding hydrogens is 272 g/mol. The molecule has 0 spiro atoms. The highest BCUT2D eigenvalue weighted by molar-refractivity contribution is 6.30. The van der Waals surface area contributed by atoms with Gasteiger partial charge in [-0.25, -0.2) is 0 Å². The molecule has 0 aliphatic heterocycles. The Bertz CT molecular complexity index is 444. The summed E-state index contributed by atoms with van der Waals surface area (Å²) >= 11 is 5.89. The van der Waals surface area contributed by atoms with Gasteiger partial charge in [0.05, 0.1) is 6.54 Å². The van der Waals surface area contributed by atoms with E-state index in [2.05, 4.69) is 17.6 Å². The molecular formula is C16H23ClN2O. The van der Waals surface area contributed by atoms with Crippen molar-refractivity contribution in [2.45, 2.75) is 45.1 Å². The van der Waals surface area contributed by atoms with Gasteiger partial charge in [0.2, 0.25) is 5.91 Å². The van der Waals surface area contributed by atoms with Crippen molar-refractivity contribution in [3.05, 3.63) is 29.3 Å². The molecule has 1 fully saturated rings. The molecule has 1 saturated carbocycles. The molecule has 2 rings (SSSR count). The second kappa shape index (κ2) is 7.65. The molecule has 2 N–H and O–H groups in total. The standard InChI is InChI=1S/C16H23ClN2O/c1-12(13-6-3-2-4-7-13)18-11-16(20)19-15-9-5-8-14(17)10-15/h5,8-10,12-13,18H,2-4,6-7,11H2,1H3,(H,19,20). The zero-order valence-corrected chi connectivity index (χ0v) is 12.7. The van der Waals surface area contributed by atoms with Crippen molar-refractivity contribution in [1.82, 2.24) is 5.32 Å². The number of carbonyl (C=O) groups excluding carboxylic acids is 1. The van der Waals surface area contributed by atoms with Crippen molar-refractivity contribution in [2.75, 3.05) is 11.9 Å². The van der Waals surface area contributed by atoms with Gasteiger partial charge in [0.25, 0.3) is 0 Å². The summed E-state index contributed by atoms with van der Waals surface area (Å²) in [5, 5.41) is 6.83. The second-order valence-electron chi connectivity index (χ2n) is 5.63. The van der Waals surface area contributed by atoms with Gasteiger partial charge < -0.3 is 10.6 Å². The molecule has 0 aromatic heterocycles. The molecule has 110 valence electrons. The summed E-state index contributed by atoms with van der Waals surface area (Å²) in [7, 11) is 0. The maximum Gasteiger partial charge on any atom is 0.238 e. The Morgan fingerprint density at radius 1 is 1.35 bits per heavy atom. The molecule has 4 heteroatoms. The Kier molecular flexibility index (Phi) is 5.86. The third kappa shape index (κ3) is 4.80. The summed E-state index contributed by atoms with van der Waals surface area (Å²) in [5.74, 6) is 0.692. The average molecular weight is 295 g/mol. The van der Waals surface area contributed by atoms with E-state index in [-0.39, 0.29) is 5.91 Å². The molecule has 1 amide bonds. The maximum atomic E-state index is 11.9. The molecule has 20 heavy (non-hydrogen) atoms. The van der Waals surface area contributed by atoms with Gasteiger partial charge in [-0.3, -0.25) is 4.79 Å². The molecule has 1 aromatic carbocycles. The van der Waals surface area contributed by atoms with Crippen LogP contribution in [0, 0.1) is 5.92 Å². The van der Waals surface area contributed by atoms with Gasteiger partial charge in [-0.2, -0.15) is 0 Å². The van der Waals surface area contributed by atoms with Gasteiger partial charge in [0.1, 0.15) is 0 Å². The fourth-order valence-electron chi connectivity index (χ4n) is 2.83. The topological polar surface area (TPSA) is 41.1 Å². The largest absolute Gasteiger partial charge is 0.325 e. The molecule has 3 nitrogen and oxygen atoms in total. The van der Waals surface area contributed by atoms with Crippen molar-refractivity contribution in [3.8, 4) is 0 Å². The Morgan fingerprint density at radius 3 is 2.80 bits per heavy atom. The number of anilines is 1. The second-order valence-corrected chi connectivity index (χ2v) is 6.06. The third-order valence-electron chi connectivity index (χ3n) is 4.05. The van der Waals surface area contributed by atoms with E-state index in [0.717, 1.165) is 5.69 Å². The summed E-state index contributed by atoms with van der Waals surface area (Å²) in [6, 6.07) is 7.62.